The van der Waals surface area contributed by atoms with Crippen LogP contribution >= 0.6 is 0 Å². The molecule has 2 heterocycles. The molecule has 0 radical (unpaired) electrons. The minimum absolute atomic E-state index is 0.140. The Bertz CT molecular complexity index is 779. The predicted octanol–water partition coefficient (Wildman–Crippen LogP) is 2.39. The van der Waals surface area contributed by atoms with E-state index >= 15 is 0 Å². The monoisotopic (exact) mass is 357 g/mol. The van der Waals surface area contributed by atoms with Gasteiger partial charge in [-0.15, -0.1) is 0 Å². The number of rotatable bonds is 6. The van der Waals surface area contributed by atoms with Gasteiger partial charge in [0.05, 0.1) is 24.9 Å². The zero-order valence-corrected chi connectivity index (χ0v) is 14.8. The molecule has 1 aromatic heterocycles. The fraction of sp³-hybridized carbons (Fsp3) is 0.421. The predicted molar refractivity (Wildman–Crippen MR) is 95.4 cm³/mol. The first-order valence-electron chi connectivity index (χ1n) is 8.75. The molecule has 3 rings (SSSR count). The van der Waals surface area contributed by atoms with E-state index in [1.54, 1.807) is 18.0 Å². The molecule has 0 aliphatic carbocycles. The Balaban J connectivity index is 1.51. The quantitative estimate of drug-likeness (QED) is 0.858. The van der Waals surface area contributed by atoms with E-state index < -0.39 is 5.97 Å². The number of para-hydroxylation sites is 1. The number of aryl methyl sites for hydroxylation is 1. The number of piperidine rings is 1. The molecular weight excluding hydrogens is 334 g/mol. The van der Waals surface area contributed by atoms with Gasteiger partial charge in [-0.1, -0.05) is 18.2 Å². The lowest BCUT2D eigenvalue weighted by atomic mass is 10.0. The first kappa shape index (κ1) is 18.0. The van der Waals surface area contributed by atoms with Gasteiger partial charge in [0.15, 0.2) is 0 Å². The smallest absolute Gasteiger partial charge is 0.338 e. The lowest BCUT2D eigenvalue weighted by Gasteiger charge is -2.32. The number of carboxylic acid groups (broad SMARTS) is 1. The summed E-state index contributed by atoms with van der Waals surface area (Å²) >= 11 is 0. The van der Waals surface area contributed by atoms with E-state index in [1.165, 1.54) is 6.20 Å². The molecule has 1 fully saturated rings. The Morgan fingerprint density at radius 3 is 2.65 bits per heavy atom. The van der Waals surface area contributed by atoms with Crippen LogP contribution in [-0.2, 0) is 11.2 Å². The molecule has 1 aromatic carbocycles. The summed E-state index contributed by atoms with van der Waals surface area (Å²) in [5.74, 6) is -0.0202. The van der Waals surface area contributed by atoms with Crippen molar-refractivity contribution < 1.29 is 19.4 Å². The van der Waals surface area contributed by atoms with Crippen LogP contribution in [0.5, 0.6) is 5.75 Å². The fourth-order valence-electron chi connectivity index (χ4n) is 3.34. The van der Waals surface area contributed by atoms with Gasteiger partial charge < -0.3 is 14.7 Å². The molecule has 7 heteroatoms. The van der Waals surface area contributed by atoms with Gasteiger partial charge in [-0.05, 0) is 30.9 Å². The minimum atomic E-state index is -0.972. The number of nitrogens with zero attached hydrogens (tertiary/aromatic N) is 3. The number of carbonyl (C=O) groups excluding carboxylic acids is 1. The molecule has 7 nitrogen and oxygen atoms in total. The van der Waals surface area contributed by atoms with Crippen LogP contribution < -0.4 is 4.74 Å². The van der Waals surface area contributed by atoms with Crippen molar-refractivity contribution in [3.8, 4) is 5.75 Å². The number of carboxylic acids is 1. The van der Waals surface area contributed by atoms with Gasteiger partial charge in [0.2, 0.25) is 5.91 Å². The molecule has 1 N–H and O–H groups in total. The number of hydrogen-bond donors (Lipinski definition) is 1. The average Bonchev–Trinajstić information content (AvgIpc) is 3.17. The lowest BCUT2D eigenvalue weighted by molar-refractivity contribution is -0.132. The van der Waals surface area contributed by atoms with Crippen LogP contribution in [0.25, 0.3) is 0 Å². The Labute approximate surface area is 152 Å². The van der Waals surface area contributed by atoms with Gasteiger partial charge in [-0.3, -0.25) is 9.48 Å². The van der Waals surface area contributed by atoms with Gasteiger partial charge in [-0.25, -0.2) is 4.79 Å². The van der Waals surface area contributed by atoms with E-state index in [2.05, 4.69) is 5.10 Å². The summed E-state index contributed by atoms with van der Waals surface area (Å²) in [7, 11) is 1.64. The highest BCUT2D eigenvalue weighted by Gasteiger charge is 2.24. The summed E-state index contributed by atoms with van der Waals surface area (Å²) in [6.07, 6.45) is 5.60. The van der Waals surface area contributed by atoms with Crippen molar-refractivity contribution in [2.75, 3.05) is 20.2 Å². The maximum absolute atomic E-state index is 12.5. The minimum Gasteiger partial charge on any atom is -0.496 e. The summed E-state index contributed by atoms with van der Waals surface area (Å²) in [6.45, 7) is 1.33. The largest absolute Gasteiger partial charge is 0.496 e. The lowest BCUT2D eigenvalue weighted by Crippen LogP contribution is -2.39. The van der Waals surface area contributed by atoms with Crippen molar-refractivity contribution in [3.63, 3.8) is 0 Å². The highest BCUT2D eigenvalue weighted by molar-refractivity contribution is 5.86. The molecule has 1 saturated heterocycles. The van der Waals surface area contributed by atoms with E-state index in [1.807, 2.05) is 29.2 Å². The highest BCUT2D eigenvalue weighted by Crippen LogP contribution is 2.24. The van der Waals surface area contributed by atoms with Crippen LogP contribution in [0.4, 0.5) is 0 Å². The van der Waals surface area contributed by atoms with Crippen LogP contribution in [0, 0.1) is 0 Å². The third kappa shape index (κ3) is 4.04. The second-order valence-corrected chi connectivity index (χ2v) is 6.44. The first-order valence-corrected chi connectivity index (χ1v) is 8.75. The van der Waals surface area contributed by atoms with Gasteiger partial charge in [0, 0.05) is 25.7 Å². The molecule has 0 bridgehead atoms. The van der Waals surface area contributed by atoms with Crippen LogP contribution in [0.1, 0.15) is 41.2 Å². The number of amides is 1. The van der Waals surface area contributed by atoms with Crippen molar-refractivity contribution in [2.24, 2.45) is 0 Å². The zero-order valence-electron chi connectivity index (χ0n) is 14.8. The molecule has 0 spiro atoms. The molecule has 1 aliphatic heterocycles. The van der Waals surface area contributed by atoms with Crippen molar-refractivity contribution >= 4 is 11.9 Å². The van der Waals surface area contributed by atoms with Gasteiger partial charge in [0.25, 0.3) is 0 Å². The zero-order chi connectivity index (χ0) is 18.5. The SMILES string of the molecule is COc1ccccc1CCC(=O)N1CCC(n2cc(C(=O)O)cn2)CC1. The van der Waals surface area contributed by atoms with Crippen LogP contribution in [0.15, 0.2) is 36.7 Å². The Morgan fingerprint density at radius 2 is 2.00 bits per heavy atom. The number of aromatic nitrogens is 2. The van der Waals surface area contributed by atoms with E-state index in [9.17, 15) is 9.59 Å². The van der Waals surface area contributed by atoms with Gasteiger partial charge in [-0.2, -0.15) is 5.10 Å². The summed E-state index contributed by atoms with van der Waals surface area (Å²) in [5.41, 5.74) is 1.23. The molecule has 1 aliphatic rings. The van der Waals surface area contributed by atoms with Crippen molar-refractivity contribution in [1.29, 1.82) is 0 Å². The Morgan fingerprint density at radius 1 is 1.27 bits per heavy atom. The van der Waals surface area contributed by atoms with Crippen LogP contribution in [-0.4, -0.2) is 51.9 Å². The molecule has 0 saturated carbocycles. The summed E-state index contributed by atoms with van der Waals surface area (Å²) in [6, 6.07) is 7.89. The standard InChI is InChI=1S/C19H23N3O4/c1-26-17-5-3-2-4-14(17)6-7-18(23)21-10-8-16(9-11-21)22-13-15(12-20-22)19(24)25/h2-5,12-13,16H,6-11H2,1H3,(H,24,25). The molecule has 138 valence electrons. The third-order valence-electron chi connectivity index (χ3n) is 4.84. The van der Waals surface area contributed by atoms with Gasteiger partial charge >= 0.3 is 5.97 Å². The number of likely N-dealkylation sites (tertiary alicyclic amines) is 1. The average molecular weight is 357 g/mol. The summed E-state index contributed by atoms with van der Waals surface area (Å²) < 4.78 is 7.04. The highest BCUT2D eigenvalue weighted by atomic mass is 16.5. The van der Waals surface area contributed by atoms with Crippen molar-refractivity contribution in [2.45, 2.75) is 31.7 Å². The fourth-order valence-corrected chi connectivity index (χ4v) is 3.34. The molecule has 0 atom stereocenters. The third-order valence-corrected chi connectivity index (χ3v) is 4.84. The van der Waals surface area contributed by atoms with Crippen LogP contribution in [0.2, 0.25) is 0 Å². The number of hydrogen-bond acceptors (Lipinski definition) is 4. The molecule has 26 heavy (non-hydrogen) atoms. The van der Waals surface area contributed by atoms with E-state index in [-0.39, 0.29) is 17.5 Å². The second-order valence-electron chi connectivity index (χ2n) is 6.44. The molecule has 1 amide bonds. The summed E-state index contributed by atoms with van der Waals surface area (Å²) in [4.78, 5) is 25.3. The maximum Gasteiger partial charge on any atom is 0.338 e. The van der Waals surface area contributed by atoms with Crippen molar-refractivity contribution in [1.82, 2.24) is 14.7 Å². The Hall–Kier alpha value is -2.83. The molecule has 0 unspecified atom stereocenters. The Kier molecular flexibility index (Phi) is 5.55. The second kappa shape index (κ2) is 8.03. The van der Waals surface area contributed by atoms with E-state index in [4.69, 9.17) is 9.84 Å². The number of aromatic carboxylic acids is 1. The number of carbonyl (C=O) groups is 2. The number of ether oxygens (including phenoxy) is 1. The molecular formula is C19H23N3O4. The normalized spacial score (nSPS) is 15.0. The van der Waals surface area contributed by atoms with E-state index in [0.717, 1.165) is 24.2 Å². The van der Waals surface area contributed by atoms with Crippen molar-refractivity contribution in [3.05, 3.63) is 47.8 Å². The first-order chi connectivity index (χ1) is 12.6. The van der Waals surface area contributed by atoms with E-state index in [0.29, 0.717) is 25.9 Å². The summed E-state index contributed by atoms with van der Waals surface area (Å²) in [5, 5.41) is 13.1. The number of methoxy groups -OCH3 is 1. The maximum atomic E-state index is 12.5. The van der Waals surface area contributed by atoms with Gasteiger partial charge in [0.1, 0.15) is 5.75 Å². The molecule has 2 aromatic rings. The topological polar surface area (TPSA) is 84.7 Å². The van der Waals surface area contributed by atoms with Crippen LogP contribution in [0.3, 0.4) is 0 Å². The number of benzene rings is 1.